The highest BCUT2D eigenvalue weighted by molar-refractivity contribution is 5.97. The van der Waals surface area contributed by atoms with E-state index in [-0.39, 0.29) is 11.9 Å². The zero-order valence-electron chi connectivity index (χ0n) is 15.2. The summed E-state index contributed by atoms with van der Waals surface area (Å²) in [6, 6.07) is 7.32. The molecule has 0 radical (unpaired) electrons. The second-order valence-corrected chi connectivity index (χ2v) is 7.43. The van der Waals surface area contributed by atoms with Crippen molar-refractivity contribution in [1.82, 2.24) is 15.1 Å². The summed E-state index contributed by atoms with van der Waals surface area (Å²) in [5.41, 5.74) is 0.267. The fraction of sp³-hybridized carbons (Fsp3) is 0.579. The lowest BCUT2D eigenvalue weighted by Gasteiger charge is -2.36. The van der Waals surface area contributed by atoms with Gasteiger partial charge in [0.25, 0.3) is 5.91 Å². The summed E-state index contributed by atoms with van der Waals surface area (Å²) in [5.74, 6) is -0.650. The minimum atomic E-state index is -1.15. The van der Waals surface area contributed by atoms with Gasteiger partial charge in [0.15, 0.2) is 5.60 Å². The summed E-state index contributed by atoms with van der Waals surface area (Å²) >= 11 is 0. The Balaban J connectivity index is 1.60. The van der Waals surface area contributed by atoms with Crippen molar-refractivity contribution in [3.05, 3.63) is 35.4 Å². The number of ether oxygens (including phenoxy) is 1. The average molecular weight is 345 g/mol. The van der Waals surface area contributed by atoms with Crippen LogP contribution in [0.5, 0.6) is 0 Å². The first-order valence-corrected chi connectivity index (χ1v) is 8.90. The Morgan fingerprint density at radius 3 is 2.68 bits per heavy atom. The van der Waals surface area contributed by atoms with E-state index in [0.717, 1.165) is 38.3 Å². The molecule has 1 aromatic carbocycles. The third-order valence-corrected chi connectivity index (χ3v) is 5.07. The van der Waals surface area contributed by atoms with E-state index >= 15 is 0 Å². The maximum atomic E-state index is 12.8. The van der Waals surface area contributed by atoms with Gasteiger partial charge in [-0.15, -0.1) is 0 Å². The zero-order chi connectivity index (χ0) is 18.0. The third kappa shape index (κ3) is 4.02. The molecule has 2 atom stereocenters. The molecular formula is C19H27N3O3. The topological polar surface area (TPSA) is 61.9 Å². The molecule has 136 valence electrons. The maximum absolute atomic E-state index is 12.8. The zero-order valence-corrected chi connectivity index (χ0v) is 15.2. The summed E-state index contributed by atoms with van der Waals surface area (Å²) < 4.78 is 5.50. The number of esters is 1. The molecule has 3 rings (SSSR count). The number of hydrogen-bond donors (Lipinski definition) is 1. The minimum absolute atomic E-state index is 0.00334. The van der Waals surface area contributed by atoms with Gasteiger partial charge < -0.3 is 15.0 Å². The van der Waals surface area contributed by atoms with Crippen molar-refractivity contribution in [2.75, 3.05) is 39.8 Å². The van der Waals surface area contributed by atoms with Crippen LogP contribution in [-0.2, 0) is 16.0 Å². The van der Waals surface area contributed by atoms with Crippen LogP contribution in [0.25, 0.3) is 0 Å². The largest absolute Gasteiger partial charge is 0.445 e. The molecule has 1 saturated heterocycles. The Morgan fingerprint density at radius 1 is 1.28 bits per heavy atom. The number of fused-ring (bicyclic) bond motifs is 1. The lowest BCUT2D eigenvalue weighted by molar-refractivity contribution is -0.140. The standard InChI is InChI=1S/C19H27N3O3/c1-14(13-22-10-8-21(3)9-11-22)20-18(24)19(2)12-15-6-4-5-7-16(15)17(23)25-19/h4-7,14H,8-13H2,1-3H3,(H,20,24)/t14-,19+/m0/s1. The number of likely N-dealkylation sites (N-methyl/N-ethyl adjacent to an activating group) is 1. The van der Waals surface area contributed by atoms with Crippen LogP contribution in [0.4, 0.5) is 0 Å². The number of amides is 1. The maximum Gasteiger partial charge on any atom is 0.339 e. The van der Waals surface area contributed by atoms with E-state index in [1.807, 2.05) is 19.1 Å². The van der Waals surface area contributed by atoms with Gasteiger partial charge in [-0.3, -0.25) is 9.69 Å². The van der Waals surface area contributed by atoms with Crippen molar-refractivity contribution in [1.29, 1.82) is 0 Å². The lowest BCUT2D eigenvalue weighted by Crippen LogP contribution is -2.56. The van der Waals surface area contributed by atoms with Crippen molar-refractivity contribution >= 4 is 11.9 Å². The van der Waals surface area contributed by atoms with Gasteiger partial charge in [-0.05, 0) is 32.5 Å². The molecule has 0 aromatic heterocycles. The fourth-order valence-electron chi connectivity index (χ4n) is 3.50. The number of benzene rings is 1. The van der Waals surface area contributed by atoms with Gasteiger partial charge in [0.1, 0.15) is 0 Å². The van der Waals surface area contributed by atoms with Crippen LogP contribution in [0, 0.1) is 0 Å². The number of cyclic esters (lactones) is 1. The molecule has 1 N–H and O–H groups in total. The molecule has 1 fully saturated rings. The molecule has 2 heterocycles. The highest BCUT2D eigenvalue weighted by atomic mass is 16.6. The van der Waals surface area contributed by atoms with E-state index in [2.05, 4.69) is 22.2 Å². The Labute approximate surface area is 149 Å². The van der Waals surface area contributed by atoms with Crippen LogP contribution in [0.3, 0.4) is 0 Å². The Morgan fingerprint density at radius 2 is 1.96 bits per heavy atom. The number of nitrogens with one attached hydrogen (secondary N) is 1. The van der Waals surface area contributed by atoms with Crippen LogP contribution in [0.2, 0.25) is 0 Å². The smallest absolute Gasteiger partial charge is 0.339 e. The minimum Gasteiger partial charge on any atom is -0.445 e. The number of hydrogen-bond acceptors (Lipinski definition) is 5. The van der Waals surface area contributed by atoms with E-state index in [1.165, 1.54) is 0 Å². The summed E-state index contributed by atoms with van der Waals surface area (Å²) in [6.45, 7) is 8.61. The van der Waals surface area contributed by atoms with Crippen LogP contribution in [0.15, 0.2) is 24.3 Å². The van der Waals surface area contributed by atoms with Crippen molar-refractivity contribution in [3.63, 3.8) is 0 Å². The number of rotatable bonds is 4. The van der Waals surface area contributed by atoms with Gasteiger partial charge in [-0.1, -0.05) is 18.2 Å². The van der Waals surface area contributed by atoms with Gasteiger partial charge in [-0.25, -0.2) is 4.79 Å². The van der Waals surface area contributed by atoms with Crippen molar-refractivity contribution in [2.24, 2.45) is 0 Å². The second kappa shape index (κ2) is 7.14. The quantitative estimate of drug-likeness (QED) is 0.822. The van der Waals surface area contributed by atoms with Crippen LogP contribution in [-0.4, -0.2) is 73.1 Å². The first-order valence-electron chi connectivity index (χ1n) is 8.90. The summed E-state index contributed by atoms with van der Waals surface area (Å²) in [4.78, 5) is 29.7. The highest BCUT2D eigenvalue weighted by Crippen LogP contribution is 2.28. The molecule has 1 amide bonds. The summed E-state index contributed by atoms with van der Waals surface area (Å²) in [5, 5.41) is 3.03. The van der Waals surface area contributed by atoms with Gasteiger partial charge in [0.2, 0.25) is 0 Å². The first-order chi connectivity index (χ1) is 11.9. The first kappa shape index (κ1) is 17.9. The van der Waals surface area contributed by atoms with Crippen molar-refractivity contribution in [3.8, 4) is 0 Å². The SMILES string of the molecule is C[C@@H](CN1CCN(C)CC1)NC(=O)[C@@]1(C)Cc2ccccc2C(=O)O1. The predicted molar refractivity (Wildman–Crippen MR) is 95.5 cm³/mol. The number of piperazine rings is 1. The molecule has 0 bridgehead atoms. The van der Waals surface area contributed by atoms with Gasteiger partial charge in [0.05, 0.1) is 5.56 Å². The molecule has 2 aliphatic rings. The number of carbonyl (C=O) groups is 2. The van der Waals surface area contributed by atoms with Crippen LogP contribution >= 0.6 is 0 Å². The summed E-state index contributed by atoms with van der Waals surface area (Å²) in [6.07, 6.45) is 0.405. The molecule has 2 aliphatic heterocycles. The highest BCUT2D eigenvalue weighted by Gasteiger charge is 2.42. The monoisotopic (exact) mass is 345 g/mol. The Kier molecular flexibility index (Phi) is 5.11. The number of nitrogens with zero attached hydrogens (tertiary/aromatic N) is 2. The average Bonchev–Trinajstić information content (AvgIpc) is 2.57. The fourth-order valence-corrected chi connectivity index (χ4v) is 3.50. The van der Waals surface area contributed by atoms with Crippen LogP contribution < -0.4 is 5.32 Å². The molecule has 6 nitrogen and oxygen atoms in total. The van der Waals surface area contributed by atoms with E-state index in [9.17, 15) is 9.59 Å². The normalized spacial score (nSPS) is 25.8. The molecule has 6 heteroatoms. The molecule has 0 saturated carbocycles. The van der Waals surface area contributed by atoms with Gasteiger partial charge >= 0.3 is 5.97 Å². The van der Waals surface area contributed by atoms with Gasteiger partial charge in [0, 0.05) is 45.2 Å². The Hall–Kier alpha value is -1.92. The second-order valence-electron chi connectivity index (χ2n) is 7.43. The molecule has 25 heavy (non-hydrogen) atoms. The van der Waals surface area contributed by atoms with E-state index in [4.69, 9.17) is 4.74 Å². The van der Waals surface area contributed by atoms with E-state index in [0.29, 0.717) is 12.0 Å². The summed E-state index contributed by atoms with van der Waals surface area (Å²) in [7, 11) is 2.12. The van der Waals surface area contributed by atoms with Crippen molar-refractivity contribution in [2.45, 2.75) is 31.9 Å². The molecule has 0 aliphatic carbocycles. The molecular weight excluding hydrogens is 318 g/mol. The number of carbonyl (C=O) groups excluding carboxylic acids is 2. The Bertz CT molecular complexity index is 655. The molecule has 0 spiro atoms. The predicted octanol–water partition coefficient (Wildman–Crippen LogP) is 0.910. The molecule has 1 aromatic rings. The van der Waals surface area contributed by atoms with E-state index < -0.39 is 11.6 Å². The van der Waals surface area contributed by atoms with E-state index in [1.54, 1.807) is 19.1 Å². The third-order valence-electron chi connectivity index (χ3n) is 5.07. The molecule has 0 unspecified atom stereocenters. The van der Waals surface area contributed by atoms with Crippen molar-refractivity contribution < 1.29 is 14.3 Å². The lowest BCUT2D eigenvalue weighted by atomic mass is 9.89. The van der Waals surface area contributed by atoms with Gasteiger partial charge in [-0.2, -0.15) is 0 Å². The van der Waals surface area contributed by atoms with Crippen LogP contribution in [0.1, 0.15) is 29.8 Å².